The van der Waals surface area contributed by atoms with Crippen molar-refractivity contribution in [1.82, 2.24) is 19.8 Å². The molecular weight excluding hydrogens is 311 g/mol. The van der Waals surface area contributed by atoms with Crippen molar-refractivity contribution in [1.29, 1.82) is 0 Å². The summed E-state index contributed by atoms with van der Waals surface area (Å²) in [4.78, 5) is 24.1. The van der Waals surface area contributed by atoms with Crippen LogP contribution in [0.25, 0.3) is 0 Å². The summed E-state index contributed by atoms with van der Waals surface area (Å²) in [6, 6.07) is -1.10. The first kappa shape index (κ1) is 15.5. The van der Waals surface area contributed by atoms with Gasteiger partial charge in [-0.15, -0.1) is 5.10 Å². The maximum atomic E-state index is 12.9. The van der Waals surface area contributed by atoms with Gasteiger partial charge in [-0.2, -0.15) is 13.2 Å². The summed E-state index contributed by atoms with van der Waals surface area (Å²) in [5, 5.41) is 8.83. The molecule has 2 heterocycles. The second-order valence-corrected chi connectivity index (χ2v) is 5.28. The van der Waals surface area contributed by atoms with E-state index in [-0.39, 0.29) is 12.2 Å². The molecule has 1 unspecified atom stereocenters. The van der Waals surface area contributed by atoms with Crippen molar-refractivity contribution < 1.29 is 22.8 Å². The fourth-order valence-corrected chi connectivity index (χ4v) is 2.43. The lowest BCUT2D eigenvalue weighted by atomic mass is 10.0. The number of nitrogens with one attached hydrogen (secondary N) is 2. The fraction of sp³-hybridized carbons (Fsp3) is 0.600. The normalized spacial score (nSPS) is 22.6. The topological polar surface area (TPSA) is 87.2 Å². The van der Waals surface area contributed by atoms with Crippen molar-refractivity contribution >= 4 is 28.5 Å². The molecule has 21 heavy (non-hydrogen) atoms. The Kier molecular flexibility index (Phi) is 3.78. The molecule has 11 heteroatoms. The highest BCUT2D eigenvalue weighted by Crippen LogP contribution is 2.36. The number of carbonyl (C=O) groups excluding carboxylic acids is 2. The van der Waals surface area contributed by atoms with Gasteiger partial charge in [-0.05, 0) is 13.8 Å². The maximum Gasteiger partial charge on any atom is 0.420 e. The minimum atomic E-state index is -4.88. The van der Waals surface area contributed by atoms with Gasteiger partial charge in [0.2, 0.25) is 5.54 Å². The second-order valence-electron chi connectivity index (χ2n) is 4.52. The number of carbonyl (C=O) groups is 2. The number of urea groups is 1. The van der Waals surface area contributed by atoms with Gasteiger partial charge in [0.05, 0.1) is 6.54 Å². The van der Waals surface area contributed by atoms with Crippen LogP contribution in [0, 0.1) is 0 Å². The molecule has 0 aromatic carbocycles. The van der Waals surface area contributed by atoms with Crippen molar-refractivity contribution in [3.8, 4) is 0 Å². The van der Waals surface area contributed by atoms with E-state index < -0.39 is 23.7 Å². The van der Waals surface area contributed by atoms with Crippen LogP contribution < -0.4 is 10.6 Å². The summed E-state index contributed by atoms with van der Waals surface area (Å²) in [5.41, 5.74) is -2.66. The van der Waals surface area contributed by atoms with Gasteiger partial charge in [0.15, 0.2) is 0 Å². The van der Waals surface area contributed by atoms with Gasteiger partial charge in [-0.1, -0.05) is 4.49 Å². The maximum absolute atomic E-state index is 12.9. The highest BCUT2D eigenvalue weighted by Gasteiger charge is 2.64. The molecule has 3 amide bonds. The molecular formula is C10H12F3N5O2S. The van der Waals surface area contributed by atoms with E-state index >= 15 is 0 Å². The smallest absolute Gasteiger partial charge is 0.374 e. The number of amides is 3. The number of aromatic nitrogens is 2. The van der Waals surface area contributed by atoms with E-state index in [0.717, 1.165) is 11.5 Å². The Balaban J connectivity index is 2.24. The quantitative estimate of drug-likeness (QED) is 0.817. The van der Waals surface area contributed by atoms with E-state index in [9.17, 15) is 22.8 Å². The first-order valence-corrected chi connectivity index (χ1v) is 6.74. The van der Waals surface area contributed by atoms with E-state index in [1.54, 1.807) is 5.32 Å². The molecule has 0 bridgehead atoms. The van der Waals surface area contributed by atoms with Gasteiger partial charge < -0.3 is 10.6 Å². The first-order valence-electron chi connectivity index (χ1n) is 5.96. The summed E-state index contributed by atoms with van der Waals surface area (Å²) >= 11 is 1.00. The van der Waals surface area contributed by atoms with Gasteiger partial charge in [-0.3, -0.25) is 9.69 Å². The van der Waals surface area contributed by atoms with Crippen molar-refractivity contribution in [2.45, 2.75) is 32.1 Å². The molecule has 1 aromatic heterocycles. The van der Waals surface area contributed by atoms with Gasteiger partial charge >= 0.3 is 12.2 Å². The van der Waals surface area contributed by atoms with Crippen LogP contribution in [0.2, 0.25) is 0 Å². The number of alkyl halides is 3. The Labute approximate surface area is 121 Å². The molecule has 0 saturated carbocycles. The largest absolute Gasteiger partial charge is 0.420 e. The SMILES string of the molecule is CCNc1snnc1CN1C(=O)NC(C)(C(F)(F)F)C1=O. The monoisotopic (exact) mass is 323 g/mol. The van der Waals surface area contributed by atoms with Crippen molar-refractivity contribution in [2.75, 3.05) is 11.9 Å². The lowest BCUT2D eigenvalue weighted by molar-refractivity contribution is -0.191. The Morgan fingerprint density at radius 3 is 2.62 bits per heavy atom. The third-order valence-electron chi connectivity index (χ3n) is 3.04. The third kappa shape index (κ3) is 2.52. The van der Waals surface area contributed by atoms with E-state index in [4.69, 9.17) is 0 Å². The number of imide groups is 1. The van der Waals surface area contributed by atoms with Gasteiger partial charge in [0.1, 0.15) is 10.7 Å². The average molecular weight is 323 g/mol. The van der Waals surface area contributed by atoms with Crippen LogP contribution in [-0.4, -0.2) is 44.7 Å². The van der Waals surface area contributed by atoms with E-state index in [2.05, 4.69) is 14.9 Å². The molecule has 2 rings (SSSR count). The minimum absolute atomic E-state index is 0.247. The molecule has 0 spiro atoms. The zero-order chi connectivity index (χ0) is 15.8. The zero-order valence-corrected chi connectivity index (χ0v) is 11.9. The second kappa shape index (κ2) is 5.13. The highest BCUT2D eigenvalue weighted by atomic mass is 32.1. The van der Waals surface area contributed by atoms with Gasteiger partial charge in [0, 0.05) is 18.1 Å². The number of rotatable bonds is 4. The molecule has 1 fully saturated rings. The Morgan fingerprint density at radius 2 is 2.10 bits per heavy atom. The molecule has 116 valence electrons. The molecule has 2 N–H and O–H groups in total. The van der Waals surface area contributed by atoms with Crippen molar-refractivity contribution in [2.24, 2.45) is 0 Å². The van der Waals surface area contributed by atoms with Crippen LogP contribution in [-0.2, 0) is 11.3 Å². The van der Waals surface area contributed by atoms with Crippen molar-refractivity contribution in [3.63, 3.8) is 0 Å². The molecule has 1 atom stereocenters. The van der Waals surface area contributed by atoms with E-state index in [1.165, 1.54) is 0 Å². The van der Waals surface area contributed by atoms with Crippen LogP contribution in [0.5, 0.6) is 0 Å². The van der Waals surface area contributed by atoms with Crippen LogP contribution >= 0.6 is 11.5 Å². The highest BCUT2D eigenvalue weighted by molar-refractivity contribution is 7.10. The van der Waals surface area contributed by atoms with Crippen LogP contribution in [0.4, 0.5) is 23.0 Å². The lowest BCUT2D eigenvalue weighted by Gasteiger charge is -2.24. The Morgan fingerprint density at radius 1 is 1.43 bits per heavy atom. The molecule has 7 nitrogen and oxygen atoms in total. The fourth-order valence-electron chi connectivity index (χ4n) is 1.79. The number of nitrogens with zero attached hydrogens (tertiary/aromatic N) is 3. The van der Waals surface area contributed by atoms with Crippen LogP contribution in [0.3, 0.4) is 0 Å². The molecule has 0 radical (unpaired) electrons. The van der Waals surface area contributed by atoms with Crippen LogP contribution in [0.15, 0.2) is 0 Å². The summed E-state index contributed by atoms with van der Waals surface area (Å²) < 4.78 is 42.4. The van der Waals surface area contributed by atoms with Crippen molar-refractivity contribution in [3.05, 3.63) is 5.69 Å². The van der Waals surface area contributed by atoms with Crippen LogP contribution in [0.1, 0.15) is 19.5 Å². The summed E-state index contributed by atoms with van der Waals surface area (Å²) in [6.07, 6.45) is -4.88. The van der Waals surface area contributed by atoms with Gasteiger partial charge in [0.25, 0.3) is 5.91 Å². The summed E-state index contributed by atoms with van der Waals surface area (Å²) in [5.74, 6) is -1.35. The predicted octanol–water partition coefficient (Wildman–Crippen LogP) is 1.34. The molecule has 1 aromatic rings. The molecule has 1 aliphatic heterocycles. The summed E-state index contributed by atoms with van der Waals surface area (Å²) in [6.45, 7) is 2.64. The summed E-state index contributed by atoms with van der Waals surface area (Å²) in [7, 11) is 0. The number of halogens is 3. The van der Waals surface area contributed by atoms with Gasteiger partial charge in [-0.25, -0.2) is 4.79 Å². The lowest BCUT2D eigenvalue weighted by Crippen LogP contribution is -2.56. The number of hydrogen-bond donors (Lipinski definition) is 2. The predicted molar refractivity (Wildman–Crippen MR) is 67.6 cm³/mol. The third-order valence-corrected chi connectivity index (χ3v) is 3.77. The average Bonchev–Trinajstić information content (AvgIpc) is 2.89. The Bertz CT molecular complexity index is 575. The number of hydrogen-bond acceptors (Lipinski definition) is 6. The molecule has 0 aliphatic carbocycles. The minimum Gasteiger partial charge on any atom is -0.374 e. The van der Waals surface area contributed by atoms with E-state index in [1.807, 2.05) is 6.92 Å². The Hall–Kier alpha value is -1.91. The molecule has 1 saturated heterocycles. The standard InChI is InChI=1S/C10H12F3N5O2S/c1-3-14-6-5(16-17-21-6)4-18-7(19)9(2,10(11,12)13)15-8(18)20/h14H,3-4H2,1-2H3,(H,15,20). The molecule has 1 aliphatic rings. The number of anilines is 1. The first-order chi connectivity index (χ1) is 9.70. The van der Waals surface area contributed by atoms with E-state index in [0.29, 0.717) is 23.4 Å². The zero-order valence-electron chi connectivity index (χ0n) is 11.1.